The third-order valence-electron chi connectivity index (χ3n) is 2.69. The van der Waals surface area contributed by atoms with Crippen LogP contribution in [-0.4, -0.2) is 25.5 Å². The van der Waals surface area contributed by atoms with E-state index in [0.717, 1.165) is 25.0 Å². The maximum absolute atomic E-state index is 11.6. The quantitative estimate of drug-likeness (QED) is 0.820. The first-order valence-electron chi connectivity index (χ1n) is 6.19. The number of hydrogen-bond donors (Lipinski definition) is 1. The first kappa shape index (κ1) is 12.5. The van der Waals surface area contributed by atoms with Crippen LogP contribution in [0.25, 0.3) is 5.78 Å². The molecule has 2 aromatic heterocycles. The van der Waals surface area contributed by atoms with Gasteiger partial charge in [0.15, 0.2) is 0 Å². The Morgan fingerprint density at radius 2 is 2.28 bits per heavy atom. The summed E-state index contributed by atoms with van der Waals surface area (Å²) in [4.78, 5) is 19.9. The summed E-state index contributed by atoms with van der Waals surface area (Å²) in [5, 5.41) is 6.89. The molecule has 0 spiro atoms. The molecule has 0 aliphatic heterocycles. The molecule has 0 aliphatic carbocycles. The number of anilines is 1. The summed E-state index contributed by atoms with van der Waals surface area (Å²) in [6.07, 6.45) is 5.24. The first-order chi connectivity index (χ1) is 8.70. The molecule has 0 atom stereocenters. The Kier molecular flexibility index (Phi) is 3.86. The standard InChI is InChI=1S/C12H17N5O/c1-3-4-5-6-10(18)14-11-15-12-13-8-7-9(2)17(12)16-11/h7-8H,3-6H2,1-2H3,(H,14,16,18). The van der Waals surface area contributed by atoms with Gasteiger partial charge in [0.25, 0.3) is 11.7 Å². The van der Waals surface area contributed by atoms with Crippen LogP contribution in [0.5, 0.6) is 0 Å². The Bertz CT molecular complexity index is 548. The minimum atomic E-state index is -0.0444. The third kappa shape index (κ3) is 2.82. The second-order valence-electron chi connectivity index (χ2n) is 4.24. The normalized spacial score (nSPS) is 10.8. The molecule has 0 radical (unpaired) electrons. The second kappa shape index (κ2) is 5.57. The number of unbranched alkanes of at least 4 members (excludes halogenated alkanes) is 2. The van der Waals surface area contributed by atoms with E-state index >= 15 is 0 Å². The minimum absolute atomic E-state index is 0.0444. The number of carbonyl (C=O) groups is 1. The second-order valence-corrected chi connectivity index (χ2v) is 4.24. The summed E-state index contributed by atoms with van der Waals surface area (Å²) in [6.45, 7) is 4.02. The zero-order valence-corrected chi connectivity index (χ0v) is 10.7. The van der Waals surface area contributed by atoms with Crippen LogP contribution in [0.15, 0.2) is 12.3 Å². The maximum atomic E-state index is 11.6. The molecule has 6 nitrogen and oxygen atoms in total. The number of amides is 1. The highest BCUT2D eigenvalue weighted by atomic mass is 16.1. The van der Waals surface area contributed by atoms with E-state index < -0.39 is 0 Å². The van der Waals surface area contributed by atoms with Crippen molar-refractivity contribution >= 4 is 17.6 Å². The van der Waals surface area contributed by atoms with Crippen LogP contribution >= 0.6 is 0 Å². The number of hydrogen-bond acceptors (Lipinski definition) is 4. The molecule has 0 saturated carbocycles. The molecule has 0 unspecified atom stereocenters. The number of aryl methyl sites for hydroxylation is 1. The lowest BCUT2D eigenvalue weighted by atomic mass is 10.2. The van der Waals surface area contributed by atoms with Gasteiger partial charge >= 0.3 is 0 Å². The van der Waals surface area contributed by atoms with Crippen LogP contribution in [0.4, 0.5) is 5.95 Å². The average molecular weight is 247 g/mol. The fraction of sp³-hybridized carbons (Fsp3) is 0.500. The molecular formula is C12H17N5O. The highest BCUT2D eigenvalue weighted by Crippen LogP contribution is 2.07. The van der Waals surface area contributed by atoms with Crippen LogP contribution in [-0.2, 0) is 4.79 Å². The van der Waals surface area contributed by atoms with Crippen molar-refractivity contribution in [1.82, 2.24) is 19.6 Å². The van der Waals surface area contributed by atoms with E-state index in [1.54, 1.807) is 10.7 Å². The van der Waals surface area contributed by atoms with Gasteiger partial charge in [0.1, 0.15) is 0 Å². The van der Waals surface area contributed by atoms with Gasteiger partial charge in [0.05, 0.1) is 0 Å². The average Bonchev–Trinajstić information content (AvgIpc) is 2.73. The number of fused-ring (bicyclic) bond motifs is 1. The minimum Gasteiger partial charge on any atom is -0.293 e. The van der Waals surface area contributed by atoms with Crippen molar-refractivity contribution in [2.45, 2.75) is 39.5 Å². The van der Waals surface area contributed by atoms with E-state index in [2.05, 4.69) is 27.3 Å². The molecule has 2 heterocycles. The van der Waals surface area contributed by atoms with Crippen molar-refractivity contribution in [2.75, 3.05) is 5.32 Å². The van der Waals surface area contributed by atoms with E-state index in [4.69, 9.17) is 0 Å². The van der Waals surface area contributed by atoms with E-state index in [0.29, 0.717) is 18.1 Å². The van der Waals surface area contributed by atoms with Gasteiger partial charge in [-0.1, -0.05) is 19.8 Å². The number of carbonyl (C=O) groups excluding carboxylic acids is 1. The molecule has 18 heavy (non-hydrogen) atoms. The monoisotopic (exact) mass is 247 g/mol. The van der Waals surface area contributed by atoms with Crippen molar-refractivity contribution in [1.29, 1.82) is 0 Å². The molecule has 96 valence electrons. The number of rotatable bonds is 5. The van der Waals surface area contributed by atoms with Crippen molar-refractivity contribution < 1.29 is 4.79 Å². The summed E-state index contributed by atoms with van der Waals surface area (Å²) >= 11 is 0. The van der Waals surface area contributed by atoms with E-state index in [-0.39, 0.29) is 5.91 Å². The van der Waals surface area contributed by atoms with Crippen molar-refractivity contribution in [3.63, 3.8) is 0 Å². The summed E-state index contributed by atoms with van der Waals surface area (Å²) < 4.78 is 1.61. The lowest BCUT2D eigenvalue weighted by Gasteiger charge is -1.99. The maximum Gasteiger partial charge on any atom is 0.254 e. The molecule has 6 heteroatoms. The highest BCUT2D eigenvalue weighted by Gasteiger charge is 2.09. The summed E-state index contributed by atoms with van der Waals surface area (Å²) in [5.41, 5.74) is 0.930. The third-order valence-corrected chi connectivity index (χ3v) is 2.69. The summed E-state index contributed by atoms with van der Waals surface area (Å²) in [5.74, 6) is 0.772. The number of nitrogens with zero attached hydrogens (tertiary/aromatic N) is 4. The summed E-state index contributed by atoms with van der Waals surface area (Å²) in [7, 11) is 0. The van der Waals surface area contributed by atoms with Gasteiger partial charge in [-0.3, -0.25) is 10.1 Å². The molecule has 0 fully saturated rings. The van der Waals surface area contributed by atoms with Gasteiger partial charge in [-0.15, -0.1) is 5.10 Å². The molecule has 2 aromatic rings. The predicted molar refractivity (Wildman–Crippen MR) is 68.3 cm³/mol. The van der Waals surface area contributed by atoms with Crippen molar-refractivity contribution in [2.24, 2.45) is 0 Å². The number of aromatic nitrogens is 4. The Labute approximate surface area is 105 Å². The van der Waals surface area contributed by atoms with Gasteiger partial charge in [0.2, 0.25) is 5.91 Å². The molecule has 2 rings (SSSR count). The topological polar surface area (TPSA) is 72.2 Å². The predicted octanol–water partition coefficient (Wildman–Crippen LogP) is 1.95. The molecular weight excluding hydrogens is 230 g/mol. The van der Waals surface area contributed by atoms with Gasteiger partial charge in [-0.2, -0.15) is 9.50 Å². The highest BCUT2D eigenvalue weighted by molar-refractivity contribution is 5.88. The van der Waals surface area contributed by atoms with Crippen LogP contribution in [0.2, 0.25) is 0 Å². The van der Waals surface area contributed by atoms with Crippen LogP contribution in [0, 0.1) is 6.92 Å². The molecule has 0 aromatic carbocycles. The summed E-state index contributed by atoms with van der Waals surface area (Å²) in [6, 6.07) is 1.84. The fourth-order valence-electron chi connectivity index (χ4n) is 1.68. The molecule has 1 N–H and O–H groups in total. The Hall–Kier alpha value is -1.98. The lowest BCUT2D eigenvalue weighted by Crippen LogP contribution is -2.12. The van der Waals surface area contributed by atoms with Gasteiger partial charge < -0.3 is 0 Å². The van der Waals surface area contributed by atoms with Gasteiger partial charge in [0, 0.05) is 18.3 Å². The molecule has 0 bridgehead atoms. The Balaban J connectivity index is 2.03. The SMILES string of the molecule is CCCCCC(=O)Nc1nc2nccc(C)n2n1. The molecule has 0 saturated heterocycles. The smallest absolute Gasteiger partial charge is 0.254 e. The zero-order valence-electron chi connectivity index (χ0n) is 10.7. The van der Waals surface area contributed by atoms with E-state index in [1.165, 1.54) is 0 Å². The van der Waals surface area contributed by atoms with E-state index in [1.807, 2.05) is 13.0 Å². The molecule has 0 aliphatic rings. The van der Waals surface area contributed by atoms with Gasteiger partial charge in [-0.25, -0.2) is 4.98 Å². The Morgan fingerprint density at radius 3 is 3.00 bits per heavy atom. The van der Waals surface area contributed by atoms with E-state index in [9.17, 15) is 4.79 Å². The molecule has 1 amide bonds. The Morgan fingerprint density at radius 1 is 1.44 bits per heavy atom. The van der Waals surface area contributed by atoms with Crippen LogP contribution < -0.4 is 5.32 Å². The van der Waals surface area contributed by atoms with Crippen LogP contribution in [0.3, 0.4) is 0 Å². The van der Waals surface area contributed by atoms with Crippen molar-refractivity contribution in [3.8, 4) is 0 Å². The fourth-order valence-corrected chi connectivity index (χ4v) is 1.68. The first-order valence-corrected chi connectivity index (χ1v) is 6.19. The lowest BCUT2D eigenvalue weighted by molar-refractivity contribution is -0.116. The largest absolute Gasteiger partial charge is 0.293 e. The number of nitrogens with one attached hydrogen (secondary N) is 1. The van der Waals surface area contributed by atoms with Crippen molar-refractivity contribution in [3.05, 3.63) is 18.0 Å². The van der Waals surface area contributed by atoms with Gasteiger partial charge in [-0.05, 0) is 19.4 Å². The van der Waals surface area contributed by atoms with Crippen LogP contribution in [0.1, 0.15) is 38.3 Å². The zero-order chi connectivity index (χ0) is 13.0.